The maximum Gasteiger partial charge on any atom is 0.0917 e. The molecular weight excluding hydrogens is 220 g/mol. The van der Waals surface area contributed by atoms with Crippen molar-refractivity contribution in [2.24, 2.45) is 0 Å². The predicted octanol–water partition coefficient (Wildman–Crippen LogP) is 3.27. The van der Waals surface area contributed by atoms with Gasteiger partial charge in [-0.15, -0.1) is 11.7 Å². The summed E-state index contributed by atoms with van der Waals surface area (Å²) >= 11 is 1.32. The number of unbranched alkanes of at least 4 members (excludes halogenated alkanes) is 3. The lowest BCUT2D eigenvalue weighted by Crippen LogP contribution is -1.98. The lowest BCUT2D eigenvalue weighted by Gasteiger charge is -2.08. The Morgan fingerprint density at radius 2 is 2.25 bits per heavy atom. The Bertz CT molecular complexity index is 312. The highest BCUT2D eigenvalue weighted by Gasteiger charge is 2.14. The molecule has 1 unspecified atom stereocenters. The van der Waals surface area contributed by atoms with Crippen LogP contribution in [0.4, 0.5) is 0 Å². The van der Waals surface area contributed by atoms with Crippen LogP contribution in [0.1, 0.15) is 55.7 Å². The van der Waals surface area contributed by atoms with E-state index in [1.165, 1.54) is 11.5 Å². The summed E-state index contributed by atoms with van der Waals surface area (Å²) in [5.41, 5.74) is 0.948. The van der Waals surface area contributed by atoms with E-state index in [4.69, 9.17) is 0 Å². The van der Waals surface area contributed by atoms with Gasteiger partial charge in [-0.1, -0.05) is 30.3 Å². The number of allylic oxidation sites excluding steroid dienone is 1. The van der Waals surface area contributed by atoms with Gasteiger partial charge in [-0.05, 0) is 37.2 Å². The van der Waals surface area contributed by atoms with Crippen molar-refractivity contribution >= 4 is 11.5 Å². The van der Waals surface area contributed by atoms with E-state index in [0.29, 0.717) is 0 Å². The van der Waals surface area contributed by atoms with Crippen LogP contribution in [-0.4, -0.2) is 14.7 Å². The molecule has 0 amide bonds. The Labute approximate surface area is 101 Å². The standard InChI is InChI=1S/C12H20N2OS/c1-3-5-6-7-8-9-11(15)12-10(4-2)13-14-16-12/h3,11,15H,1,4-9H2,2H3. The van der Waals surface area contributed by atoms with E-state index >= 15 is 0 Å². The Hall–Kier alpha value is -0.740. The number of aromatic nitrogens is 2. The van der Waals surface area contributed by atoms with E-state index in [1.54, 1.807) is 0 Å². The molecule has 0 spiro atoms. The lowest BCUT2D eigenvalue weighted by atomic mass is 10.1. The van der Waals surface area contributed by atoms with Crippen LogP contribution in [0.25, 0.3) is 0 Å². The maximum absolute atomic E-state index is 9.99. The van der Waals surface area contributed by atoms with Gasteiger partial charge >= 0.3 is 0 Å². The summed E-state index contributed by atoms with van der Waals surface area (Å²) in [5.74, 6) is 0. The van der Waals surface area contributed by atoms with E-state index in [9.17, 15) is 5.11 Å². The fraction of sp³-hybridized carbons (Fsp3) is 0.667. The monoisotopic (exact) mass is 240 g/mol. The van der Waals surface area contributed by atoms with Gasteiger partial charge < -0.3 is 5.11 Å². The molecular formula is C12H20N2OS. The molecule has 1 aromatic rings. The number of aliphatic hydroxyl groups is 1. The van der Waals surface area contributed by atoms with Gasteiger partial charge in [-0.25, -0.2) is 0 Å². The van der Waals surface area contributed by atoms with Gasteiger partial charge in [0, 0.05) is 0 Å². The van der Waals surface area contributed by atoms with Gasteiger partial charge in [-0.2, -0.15) is 0 Å². The molecule has 0 aliphatic rings. The summed E-state index contributed by atoms with van der Waals surface area (Å²) in [7, 11) is 0. The third kappa shape index (κ3) is 4.02. The number of rotatable bonds is 8. The van der Waals surface area contributed by atoms with Crippen molar-refractivity contribution in [2.75, 3.05) is 0 Å². The second kappa shape index (κ2) is 7.52. The second-order valence-corrected chi connectivity index (χ2v) is 4.67. The SMILES string of the molecule is C=CCCCCCC(O)c1snnc1CC. The summed E-state index contributed by atoms with van der Waals surface area (Å²) in [6.45, 7) is 5.73. The van der Waals surface area contributed by atoms with Gasteiger partial charge in [0.05, 0.1) is 16.7 Å². The molecule has 4 heteroatoms. The fourth-order valence-electron chi connectivity index (χ4n) is 1.65. The zero-order valence-corrected chi connectivity index (χ0v) is 10.7. The van der Waals surface area contributed by atoms with Crippen LogP contribution < -0.4 is 0 Å². The molecule has 0 aromatic carbocycles. The molecule has 0 aliphatic carbocycles. The molecule has 90 valence electrons. The molecule has 1 rings (SSSR count). The van der Waals surface area contributed by atoms with Crippen molar-refractivity contribution in [2.45, 2.75) is 51.6 Å². The Balaban J connectivity index is 2.29. The number of nitrogens with zero attached hydrogens (tertiary/aromatic N) is 2. The molecule has 0 saturated carbocycles. The molecule has 0 saturated heterocycles. The third-order valence-corrected chi connectivity index (χ3v) is 3.48. The third-order valence-electron chi connectivity index (χ3n) is 2.61. The zero-order chi connectivity index (χ0) is 11.8. The van der Waals surface area contributed by atoms with E-state index in [0.717, 1.165) is 49.1 Å². The predicted molar refractivity (Wildman–Crippen MR) is 67.5 cm³/mol. The minimum absolute atomic E-state index is 0.376. The van der Waals surface area contributed by atoms with E-state index in [2.05, 4.69) is 16.2 Å². The fourth-order valence-corrected chi connectivity index (χ4v) is 2.41. The Kier molecular flexibility index (Phi) is 6.26. The first-order chi connectivity index (χ1) is 7.79. The maximum atomic E-state index is 9.99. The Morgan fingerprint density at radius 3 is 2.94 bits per heavy atom. The molecule has 1 N–H and O–H groups in total. The van der Waals surface area contributed by atoms with Crippen molar-refractivity contribution in [3.05, 3.63) is 23.2 Å². The van der Waals surface area contributed by atoms with Crippen molar-refractivity contribution in [1.29, 1.82) is 0 Å². The molecule has 1 atom stereocenters. The first-order valence-electron chi connectivity index (χ1n) is 5.89. The molecule has 16 heavy (non-hydrogen) atoms. The van der Waals surface area contributed by atoms with Crippen LogP contribution in [0, 0.1) is 0 Å². The highest BCUT2D eigenvalue weighted by molar-refractivity contribution is 7.05. The van der Waals surface area contributed by atoms with Crippen LogP contribution in [-0.2, 0) is 6.42 Å². The zero-order valence-electron chi connectivity index (χ0n) is 9.85. The first kappa shape index (κ1) is 13.3. The van der Waals surface area contributed by atoms with Gasteiger partial charge in [0.2, 0.25) is 0 Å². The number of hydrogen-bond donors (Lipinski definition) is 1. The smallest absolute Gasteiger partial charge is 0.0917 e. The summed E-state index contributed by atoms with van der Waals surface area (Å²) in [6, 6.07) is 0. The van der Waals surface area contributed by atoms with Crippen LogP contribution in [0.5, 0.6) is 0 Å². The molecule has 0 fully saturated rings. The van der Waals surface area contributed by atoms with Gasteiger partial charge in [0.15, 0.2) is 0 Å². The summed E-state index contributed by atoms with van der Waals surface area (Å²) in [6.07, 6.45) is 7.66. The second-order valence-electron chi connectivity index (χ2n) is 3.88. The van der Waals surface area contributed by atoms with Gasteiger partial charge in [0.1, 0.15) is 0 Å². The molecule has 0 aliphatic heterocycles. The minimum Gasteiger partial charge on any atom is -0.387 e. The highest BCUT2D eigenvalue weighted by Crippen LogP contribution is 2.25. The van der Waals surface area contributed by atoms with E-state index < -0.39 is 0 Å². The molecule has 0 bridgehead atoms. The van der Waals surface area contributed by atoms with Gasteiger partial charge in [-0.3, -0.25) is 0 Å². The van der Waals surface area contributed by atoms with Crippen molar-refractivity contribution in [1.82, 2.24) is 9.59 Å². The summed E-state index contributed by atoms with van der Waals surface area (Å²) in [5, 5.41) is 14.0. The van der Waals surface area contributed by atoms with Crippen LogP contribution in [0.15, 0.2) is 12.7 Å². The topological polar surface area (TPSA) is 46.0 Å². The average Bonchev–Trinajstić information content (AvgIpc) is 2.76. The first-order valence-corrected chi connectivity index (χ1v) is 6.67. The van der Waals surface area contributed by atoms with Crippen LogP contribution in [0.3, 0.4) is 0 Å². The molecule has 1 aromatic heterocycles. The lowest BCUT2D eigenvalue weighted by molar-refractivity contribution is 0.166. The summed E-state index contributed by atoms with van der Waals surface area (Å²) in [4.78, 5) is 0.950. The number of aryl methyl sites for hydroxylation is 1. The summed E-state index contributed by atoms with van der Waals surface area (Å²) < 4.78 is 3.89. The van der Waals surface area contributed by atoms with E-state index in [-0.39, 0.29) is 6.10 Å². The highest BCUT2D eigenvalue weighted by atomic mass is 32.1. The van der Waals surface area contributed by atoms with Crippen LogP contribution >= 0.6 is 11.5 Å². The number of hydrogen-bond acceptors (Lipinski definition) is 4. The molecule has 1 heterocycles. The quantitative estimate of drug-likeness (QED) is 0.560. The molecule has 0 radical (unpaired) electrons. The average molecular weight is 240 g/mol. The normalized spacial score (nSPS) is 12.6. The molecule has 3 nitrogen and oxygen atoms in total. The van der Waals surface area contributed by atoms with Crippen molar-refractivity contribution in [3.63, 3.8) is 0 Å². The Morgan fingerprint density at radius 1 is 1.44 bits per heavy atom. The largest absolute Gasteiger partial charge is 0.387 e. The van der Waals surface area contributed by atoms with Crippen molar-refractivity contribution < 1.29 is 5.11 Å². The minimum atomic E-state index is -0.376. The van der Waals surface area contributed by atoms with Crippen LogP contribution in [0.2, 0.25) is 0 Å². The van der Waals surface area contributed by atoms with Gasteiger partial charge in [0.25, 0.3) is 0 Å². The van der Waals surface area contributed by atoms with E-state index in [1.807, 2.05) is 13.0 Å². The number of aliphatic hydroxyl groups excluding tert-OH is 1. The van der Waals surface area contributed by atoms with Crippen molar-refractivity contribution in [3.8, 4) is 0 Å².